The summed E-state index contributed by atoms with van der Waals surface area (Å²) in [6.07, 6.45) is 3.17. The van der Waals surface area contributed by atoms with Gasteiger partial charge in [-0.25, -0.2) is 0 Å². The first-order valence-corrected chi connectivity index (χ1v) is 5.99. The molecule has 2 N–H and O–H groups in total. The number of carbonyl (C=O) groups excluding carboxylic acids is 1. The van der Waals surface area contributed by atoms with Crippen LogP contribution in [-0.2, 0) is 4.79 Å². The number of aromatic hydroxyl groups is 1. The topological polar surface area (TPSA) is 49.3 Å². The highest BCUT2D eigenvalue weighted by molar-refractivity contribution is 6.02. The zero-order valence-electron chi connectivity index (χ0n) is 10.6. The third-order valence-electron chi connectivity index (χ3n) is 2.67. The Hall–Kier alpha value is -2.55. The van der Waals surface area contributed by atoms with E-state index in [0.29, 0.717) is 5.69 Å². The Morgan fingerprint density at radius 1 is 1.11 bits per heavy atom. The van der Waals surface area contributed by atoms with Crippen LogP contribution in [0.3, 0.4) is 0 Å². The molecule has 0 saturated carbocycles. The monoisotopic (exact) mass is 253 g/mol. The van der Waals surface area contributed by atoms with E-state index in [1.54, 1.807) is 24.3 Å². The first-order valence-electron chi connectivity index (χ1n) is 5.99. The molecule has 0 aromatic heterocycles. The normalized spacial score (nSPS) is 10.6. The zero-order valence-corrected chi connectivity index (χ0v) is 10.6. The standard InChI is InChI=1S/C16H15NO2/c1-12-6-8-13(9-7-12)10-11-16(19)17-14-4-2-3-5-15(14)18/h2-11,18H,1H3,(H,17,19)/b11-10+. The third-order valence-corrected chi connectivity index (χ3v) is 2.67. The lowest BCUT2D eigenvalue weighted by Gasteiger charge is -2.03. The minimum absolute atomic E-state index is 0.0552. The van der Waals surface area contributed by atoms with Gasteiger partial charge in [0, 0.05) is 6.08 Å². The van der Waals surface area contributed by atoms with Crippen molar-refractivity contribution < 1.29 is 9.90 Å². The van der Waals surface area contributed by atoms with Gasteiger partial charge in [0.1, 0.15) is 5.75 Å². The van der Waals surface area contributed by atoms with Crippen molar-refractivity contribution in [3.05, 3.63) is 65.7 Å². The van der Waals surface area contributed by atoms with Crippen molar-refractivity contribution in [1.82, 2.24) is 0 Å². The van der Waals surface area contributed by atoms with E-state index in [0.717, 1.165) is 5.56 Å². The van der Waals surface area contributed by atoms with Crippen LogP contribution in [0.15, 0.2) is 54.6 Å². The van der Waals surface area contributed by atoms with Gasteiger partial charge in [-0.2, -0.15) is 0 Å². The van der Waals surface area contributed by atoms with Crippen LogP contribution in [0.25, 0.3) is 6.08 Å². The molecule has 0 aliphatic carbocycles. The van der Waals surface area contributed by atoms with E-state index in [1.807, 2.05) is 31.2 Å². The molecular formula is C16H15NO2. The molecule has 3 nitrogen and oxygen atoms in total. The average Bonchev–Trinajstić information content (AvgIpc) is 2.41. The second kappa shape index (κ2) is 5.87. The van der Waals surface area contributed by atoms with Gasteiger partial charge in [0.2, 0.25) is 5.91 Å². The Morgan fingerprint density at radius 2 is 1.79 bits per heavy atom. The Labute approximate surface area is 112 Å². The molecule has 0 atom stereocenters. The molecule has 3 heteroatoms. The molecule has 0 fully saturated rings. The van der Waals surface area contributed by atoms with Gasteiger partial charge >= 0.3 is 0 Å². The summed E-state index contributed by atoms with van der Waals surface area (Å²) in [7, 11) is 0. The Morgan fingerprint density at radius 3 is 2.47 bits per heavy atom. The molecule has 0 aliphatic heterocycles. The number of amides is 1. The summed E-state index contributed by atoms with van der Waals surface area (Å²) in [6.45, 7) is 2.01. The highest BCUT2D eigenvalue weighted by Gasteiger charge is 2.01. The Bertz CT molecular complexity index is 600. The number of para-hydroxylation sites is 2. The number of aryl methyl sites for hydroxylation is 1. The summed E-state index contributed by atoms with van der Waals surface area (Å²) in [4.78, 5) is 11.7. The predicted octanol–water partition coefficient (Wildman–Crippen LogP) is 3.35. The summed E-state index contributed by atoms with van der Waals surface area (Å²) in [5, 5.41) is 12.2. The fourth-order valence-corrected chi connectivity index (χ4v) is 1.60. The lowest BCUT2D eigenvalue weighted by molar-refractivity contribution is -0.111. The minimum atomic E-state index is -0.276. The number of rotatable bonds is 3. The fraction of sp³-hybridized carbons (Fsp3) is 0.0625. The maximum atomic E-state index is 11.7. The van der Waals surface area contributed by atoms with Crippen molar-refractivity contribution in [3.8, 4) is 5.75 Å². The number of anilines is 1. The van der Waals surface area contributed by atoms with E-state index in [-0.39, 0.29) is 11.7 Å². The average molecular weight is 253 g/mol. The Balaban J connectivity index is 2.02. The van der Waals surface area contributed by atoms with Crippen molar-refractivity contribution in [2.24, 2.45) is 0 Å². The second-order valence-electron chi connectivity index (χ2n) is 4.25. The molecule has 0 heterocycles. The number of hydrogen-bond donors (Lipinski definition) is 2. The van der Waals surface area contributed by atoms with Crippen LogP contribution >= 0.6 is 0 Å². The molecule has 2 rings (SSSR count). The molecule has 0 radical (unpaired) electrons. The van der Waals surface area contributed by atoms with Crippen molar-refractivity contribution in [3.63, 3.8) is 0 Å². The number of carbonyl (C=O) groups is 1. The van der Waals surface area contributed by atoms with Gasteiger partial charge in [0.15, 0.2) is 0 Å². The van der Waals surface area contributed by atoms with Gasteiger partial charge in [-0.05, 0) is 30.7 Å². The maximum Gasteiger partial charge on any atom is 0.248 e. The molecule has 1 amide bonds. The summed E-state index contributed by atoms with van der Waals surface area (Å²) in [6, 6.07) is 14.5. The first kappa shape index (κ1) is 12.9. The SMILES string of the molecule is Cc1ccc(/C=C/C(=O)Nc2ccccc2O)cc1. The molecule has 96 valence electrons. The van der Waals surface area contributed by atoms with Gasteiger partial charge in [-0.1, -0.05) is 42.0 Å². The van der Waals surface area contributed by atoms with E-state index in [2.05, 4.69) is 5.32 Å². The van der Waals surface area contributed by atoms with Crippen molar-refractivity contribution >= 4 is 17.7 Å². The molecular weight excluding hydrogens is 238 g/mol. The molecule has 0 saturated heterocycles. The van der Waals surface area contributed by atoms with E-state index in [4.69, 9.17) is 0 Å². The van der Waals surface area contributed by atoms with E-state index in [9.17, 15) is 9.90 Å². The second-order valence-corrected chi connectivity index (χ2v) is 4.25. The molecule has 0 spiro atoms. The van der Waals surface area contributed by atoms with Crippen LogP contribution in [0, 0.1) is 6.92 Å². The van der Waals surface area contributed by atoms with Crippen LogP contribution < -0.4 is 5.32 Å². The smallest absolute Gasteiger partial charge is 0.248 e. The van der Waals surface area contributed by atoms with Gasteiger partial charge < -0.3 is 10.4 Å². The predicted molar refractivity (Wildman–Crippen MR) is 76.9 cm³/mol. The van der Waals surface area contributed by atoms with Gasteiger partial charge in [0.25, 0.3) is 0 Å². The van der Waals surface area contributed by atoms with Crippen LogP contribution in [-0.4, -0.2) is 11.0 Å². The first-order chi connectivity index (χ1) is 9.15. The van der Waals surface area contributed by atoms with E-state index in [1.165, 1.54) is 17.7 Å². The lowest BCUT2D eigenvalue weighted by atomic mass is 10.1. The van der Waals surface area contributed by atoms with Crippen LogP contribution in [0.4, 0.5) is 5.69 Å². The molecule has 0 bridgehead atoms. The number of phenolic OH excluding ortho intramolecular Hbond substituents is 1. The fourth-order valence-electron chi connectivity index (χ4n) is 1.60. The third kappa shape index (κ3) is 3.71. The van der Waals surface area contributed by atoms with E-state index < -0.39 is 0 Å². The highest BCUT2D eigenvalue weighted by Crippen LogP contribution is 2.21. The van der Waals surface area contributed by atoms with Crippen LogP contribution in [0.2, 0.25) is 0 Å². The molecule has 19 heavy (non-hydrogen) atoms. The van der Waals surface area contributed by atoms with Crippen LogP contribution in [0.5, 0.6) is 5.75 Å². The quantitative estimate of drug-likeness (QED) is 0.651. The van der Waals surface area contributed by atoms with Gasteiger partial charge in [-0.15, -0.1) is 0 Å². The van der Waals surface area contributed by atoms with Crippen molar-refractivity contribution in [2.45, 2.75) is 6.92 Å². The summed E-state index contributed by atoms with van der Waals surface area (Å²) < 4.78 is 0. The number of benzene rings is 2. The summed E-state index contributed by atoms with van der Waals surface area (Å²) in [5.41, 5.74) is 2.54. The summed E-state index contributed by atoms with van der Waals surface area (Å²) >= 11 is 0. The molecule has 2 aromatic rings. The zero-order chi connectivity index (χ0) is 13.7. The van der Waals surface area contributed by atoms with E-state index >= 15 is 0 Å². The number of hydrogen-bond acceptors (Lipinski definition) is 2. The molecule has 2 aromatic carbocycles. The molecule has 0 unspecified atom stereocenters. The Kier molecular flexibility index (Phi) is 3.98. The maximum absolute atomic E-state index is 11.7. The highest BCUT2D eigenvalue weighted by atomic mass is 16.3. The minimum Gasteiger partial charge on any atom is -0.506 e. The number of nitrogens with one attached hydrogen (secondary N) is 1. The summed E-state index contributed by atoms with van der Waals surface area (Å²) in [5.74, 6) is -0.221. The van der Waals surface area contributed by atoms with Crippen molar-refractivity contribution in [1.29, 1.82) is 0 Å². The largest absolute Gasteiger partial charge is 0.506 e. The van der Waals surface area contributed by atoms with Gasteiger partial charge in [-0.3, -0.25) is 4.79 Å². The lowest BCUT2D eigenvalue weighted by Crippen LogP contribution is -2.07. The number of phenols is 1. The van der Waals surface area contributed by atoms with Crippen LogP contribution in [0.1, 0.15) is 11.1 Å². The van der Waals surface area contributed by atoms with Crippen molar-refractivity contribution in [2.75, 3.05) is 5.32 Å². The molecule has 0 aliphatic rings. The van der Waals surface area contributed by atoms with Gasteiger partial charge in [0.05, 0.1) is 5.69 Å².